The Balaban J connectivity index is 4.11. The zero-order chi connectivity index (χ0) is 10.3. The Labute approximate surface area is 83.9 Å². The molecule has 2 heteroatoms. The number of hydrogen-bond donors (Lipinski definition) is 0. The SMILES string of the molecule is CCCC(C)N(CC)N(CC)CC. The highest BCUT2D eigenvalue weighted by atomic mass is 15.6. The lowest BCUT2D eigenvalue weighted by Gasteiger charge is -2.37. The van der Waals surface area contributed by atoms with Gasteiger partial charge in [-0.3, -0.25) is 0 Å². The van der Waals surface area contributed by atoms with Gasteiger partial charge in [-0.25, -0.2) is 10.0 Å². The van der Waals surface area contributed by atoms with Crippen molar-refractivity contribution < 1.29 is 0 Å². The lowest BCUT2D eigenvalue weighted by atomic mass is 10.2. The molecule has 0 aromatic heterocycles. The lowest BCUT2D eigenvalue weighted by Crippen LogP contribution is -2.47. The molecular weight excluding hydrogens is 160 g/mol. The van der Waals surface area contributed by atoms with Gasteiger partial charge in [0.25, 0.3) is 0 Å². The first-order chi connectivity index (χ1) is 6.21. The van der Waals surface area contributed by atoms with Crippen LogP contribution < -0.4 is 0 Å². The average Bonchev–Trinajstić information content (AvgIpc) is 2.14. The molecule has 0 aliphatic rings. The smallest absolute Gasteiger partial charge is 0.0217 e. The molecule has 0 bridgehead atoms. The summed E-state index contributed by atoms with van der Waals surface area (Å²) in [5.41, 5.74) is 0. The van der Waals surface area contributed by atoms with E-state index in [9.17, 15) is 0 Å². The van der Waals surface area contributed by atoms with Gasteiger partial charge in [0.15, 0.2) is 0 Å². The summed E-state index contributed by atoms with van der Waals surface area (Å²) in [5, 5.41) is 4.92. The number of rotatable bonds is 7. The quantitative estimate of drug-likeness (QED) is 0.564. The van der Waals surface area contributed by atoms with Crippen LogP contribution in [0.3, 0.4) is 0 Å². The van der Waals surface area contributed by atoms with Crippen LogP contribution in [0.4, 0.5) is 0 Å². The summed E-state index contributed by atoms with van der Waals surface area (Å²) in [4.78, 5) is 0. The van der Waals surface area contributed by atoms with E-state index in [1.807, 2.05) is 0 Å². The molecule has 13 heavy (non-hydrogen) atoms. The van der Waals surface area contributed by atoms with Gasteiger partial charge in [-0.15, -0.1) is 0 Å². The first kappa shape index (κ1) is 12.9. The van der Waals surface area contributed by atoms with Gasteiger partial charge in [0.05, 0.1) is 0 Å². The van der Waals surface area contributed by atoms with Crippen LogP contribution in [0.1, 0.15) is 47.5 Å². The third-order valence-electron chi connectivity index (χ3n) is 2.63. The topological polar surface area (TPSA) is 6.48 Å². The Hall–Kier alpha value is -0.0800. The van der Waals surface area contributed by atoms with E-state index < -0.39 is 0 Å². The Bertz CT molecular complexity index is 111. The number of hydrazine groups is 1. The van der Waals surface area contributed by atoms with Crippen molar-refractivity contribution in [2.24, 2.45) is 0 Å². The minimum atomic E-state index is 0.690. The largest absolute Gasteiger partial charge is 0.242 e. The molecule has 0 aliphatic heterocycles. The van der Waals surface area contributed by atoms with Crippen LogP contribution in [0.25, 0.3) is 0 Å². The van der Waals surface area contributed by atoms with Gasteiger partial charge in [-0.05, 0) is 13.3 Å². The molecule has 1 unspecified atom stereocenters. The van der Waals surface area contributed by atoms with E-state index in [1.54, 1.807) is 0 Å². The fourth-order valence-electron chi connectivity index (χ4n) is 1.94. The lowest BCUT2D eigenvalue weighted by molar-refractivity contribution is -0.0463. The maximum atomic E-state index is 2.49. The Morgan fingerprint density at radius 3 is 1.77 bits per heavy atom. The molecule has 0 fully saturated rings. The first-order valence-corrected chi connectivity index (χ1v) is 5.72. The maximum Gasteiger partial charge on any atom is 0.0217 e. The molecule has 0 aliphatic carbocycles. The molecule has 0 saturated heterocycles. The number of nitrogens with zero attached hydrogens (tertiary/aromatic N) is 2. The molecule has 0 radical (unpaired) electrons. The highest BCUT2D eigenvalue weighted by molar-refractivity contribution is 4.63. The first-order valence-electron chi connectivity index (χ1n) is 5.72. The molecule has 0 heterocycles. The van der Waals surface area contributed by atoms with E-state index in [1.165, 1.54) is 12.8 Å². The van der Waals surface area contributed by atoms with Crippen molar-refractivity contribution in [3.63, 3.8) is 0 Å². The van der Waals surface area contributed by atoms with Gasteiger partial charge >= 0.3 is 0 Å². The summed E-state index contributed by atoms with van der Waals surface area (Å²) < 4.78 is 0. The van der Waals surface area contributed by atoms with Crippen LogP contribution in [0.5, 0.6) is 0 Å². The molecule has 0 rings (SSSR count). The molecule has 80 valence electrons. The summed E-state index contributed by atoms with van der Waals surface area (Å²) in [6.07, 6.45) is 2.57. The molecular formula is C11H26N2. The summed E-state index contributed by atoms with van der Waals surface area (Å²) in [6.45, 7) is 14.7. The molecule has 0 saturated carbocycles. The standard InChI is InChI=1S/C11H26N2/c1-6-10-11(5)13(9-4)12(7-2)8-3/h11H,6-10H2,1-5H3. The highest BCUT2D eigenvalue weighted by Crippen LogP contribution is 2.09. The third kappa shape index (κ3) is 4.10. The normalized spacial score (nSPS) is 14.1. The van der Waals surface area contributed by atoms with Crippen LogP contribution in [0.15, 0.2) is 0 Å². The fraction of sp³-hybridized carbons (Fsp3) is 1.00. The van der Waals surface area contributed by atoms with Crippen LogP contribution in [0.2, 0.25) is 0 Å². The minimum absolute atomic E-state index is 0.690. The highest BCUT2D eigenvalue weighted by Gasteiger charge is 2.15. The van der Waals surface area contributed by atoms with E-state index in [0.717, 1.165) is 19.6 Å². The van der Waals surface area contributed by atoms with E-state index in [0.29, 0.717) is 6.04 Å². The summed E-state index contributed by atoms with van der Waals surface area (Å²) in [5.74, 6) is 0. The van der Waals surface area contributed by atoms with E-state index in [2.05, 4.69) is 44.6 Å². The molecule has 0 spiro atoms. The molecule has 1 atom stereocenters. The molecule has 0 aromatic carbocycles. The Morgan fingerprint density at radius 2 is 1.46 bits per heavy atom. The van der Waals surface area contributed by atoms with Crippen LogP contribution in [-0.4, -0.2) is 35.7 Å². The minimum Gasteiger partial charge on any atom is -0.242 e. The fourth-order valence-corrected chi connectivity index (χ4v) is 1.94. The van der Waals surface area contributed by atoms with E-state index >= 15 is 0 Å². The second kappa shape index (κ2) is 7.34. The second-order valence-corrected chi connectivity index (χ2v) is 3.53. The van der Waals surface area contributed by atoms with Crippen molar-refractivity contribution in [1.82, 2.24) is 10.0 Å². The maximum absolute atomic E-state index is 2.49. The van der Waals surface area contributed by atoms with Gasteiger partial charge in [-0.1, -0.05) is 34.1 Å². The summed E-state index contributed by atoms with van der Waals surface area (Å²) >= 11 is 0. The van der Waals surface area contributed by atoms with Gasteiger partial charge < -0.3 is 0 Å². The van der Waals surface area contributed by atoms with E-state index in [4.69, 9.17) is 0 Å². The van der Waals surface area contributed by atoms with E-state index in [-0.39, 0.29) is 0 Å². The second-order valence-electron chi connectivity index (χ2n) is 3.53. The summed E-state index contributed by atoms with van der Waals surface area (Å²) in [7, 11) is 0. The predicted octanol–water partition coefficient (Wildman–Crippen LogP) is 2.75. The zero-order valence-electron chi connectivity index (χ0n) is 10.0. The molecule has 0 aromatic rings. The Morgan fingerprint density at radius 1 is 0.923 bits per heavy atom. The summed E-state index contributed by atoms with van der Waals surface area (Å²) in [6, 6.07) is 0.690. The third-order valence-corrected chi connectivity index (χ3v) is 2.63. The van der Waals surface area contributed by atoms with Crippen LogP contribution >= 0.6 is 0 Å². The van der Waals surface area contributed by atoms with Gasteiger partial charge in [-0.2, -0.15) is 0 Å². The predicted molar refractivity (Wildman–Crippen MR) is 59.7 cm³/mol. The van der Waals surface area contributed by atoms with Crippen molar-refractivity contribution in [3.8, 4) is 0 Å². The molecule has 0 N–H and O–H groups in total. The van der Waals surface area contributed by atoms with Gasteiger partial charge in [0.2, 0.25) is 0 Å². The van der Waals surface area contributed by atoms with Gasteiger partial charge in [0, 0.05) is 25.7 Å². The van der Waals surface area contributed by atoms with Crippen LogP contribution in [0, 0.1) is 0 Å². The van der Waals surface area contributed by atoms with Crippen molar-refractivity contribution in [2.45, 2.75) is 53.5 Å². The van der Waals surface area contributed by atoms with Crippen molar-refractivity contribution in [3.05, 3.63) is 0 Å². The monoisotopic (exact) mass is 186 g/mol. The van der Waals surface area contributed by atoms with Crippen molar-refractivity contribution in [2.75, 3.05) is 19.6 Å². The molecule has 2 nitrogen and oxygen atoms in total. The van der Waals surface area contributed by atoms with Crippen LogP contribution in [-0.2, 0) is 0 Å². The Kier molecular flexibility index (Phi) is 7.29. The van der Waals surface area contributed by atoms with Crippen molar-refractivity contribution >= 4 is 0 Å². The number of hydrogen-bond acceptors (Lipinski definition) is 2. The van der Waals surface area contributed by atoms with Gasteiger partial charge in [0.1, 0.15) is 0 Å². The van der Waals surface area contributed by atoms with Crippen molar-refractivity contribution in [1.29, 1.82) is 0 Å². The average molecular weight is 186 g/mol. The zero-order valence-corrected chi connectivity index (χ0v) is 10.0. The molecule has 0 amide bonds.